The molecule has 13 nitrogen and oxygen atoms in total. The van der Waals surface area contributed by atoms with Crippen molar-refractivity contribution in [2.24, 2.45) is 5.73 Å². The van der Waals surface area contributed by atoms with Gasteiger partial charge in [0.1, 0.15) is 24.4 Å². The predicted octanol–water partition coefficient (Wildman–Crippen LogP) is -0.702. The molecule has 1 saturated heterocycles. The normalized spacial score (nSPS) is 23.2. The highest BCUT2D eigenvalue weighted by Gasteiger charge is 2.48. The lowest BCUT2D eigenvalue weighted by Crippen LogP contribution is -2.46. The van der Waals surface area contributed by atoms with Crippen LogP contribution in [0.2, 0.25) is 0 Å². The van der Waals surface area contributed by atoms with E-state index in [1.54, 1.807) is 18.2 Å². The first-order valence-corrected chi connectivity index (χ1v) is 12.4. The van der Waals surface area contributed by atoms with Crippen molar-refractivity contribution < 1.29 is 57.0 Å². The van der Waals surface area contributed by atoms with Gasteiger partial charge in [-0.15, -0.1) is 0 Å². The van der Waals surface area contributed by atoms with Gasteiger partial charge in [-0.05, 0) is 18.2 Å². The number of pyridine rings is 1. The molecule has 1 amide bonds. The maximum atomic E-state index is 12.0. The number of primary amides is 1. The summed E-state index contributed by atoms with van der Waals surface area (Å²) in [6.07, 6.45) is -2.29. The van der Waals surface area contributed by atoms with E-state index < -0.39 is 44.9 Å². The zero-order valence-corrected chi connectivity index (χ0v) is 20.4. The number of hydrogen-bond donors (Lipinski definition) is 3. The van der Waals surface area contributed by atoms with Gasteiger partial charge < -0.3 is 48.8 Å². The summed E-state index contributed by atoms with van der Waals surface area (Å²) < 4.78 is 44.4. The average Bonchev–Trinajstić information content (AvgIpc) is 3.16. The van der Waals surface area contributed by atoms with E-state index in [4.69, 9.17) is 33.7 Å². The van der Waals surface area contributed by atoms with Gasteiger partial charge in [-0.25, -0.2) is 0 Å². The smallest absolute Gasteiger partial charge is 0.292 e. The van der Waals surface area contributed by atoms with Crippen LogP contribution < -0.4 is 24.7 Å². The Bertz CT molecular complexity index is 1060. The number of methoxy groups -OCH3 is 1. The summed E-state index contributed by atoms with van der Waals surface area (Å²) in [6.45, 7) is -0.543. The number of aromatic nitrogens is 1. The first kappa shape index (κ1) is 28.0. The largest absolute Gasteiger partial charge is 0.756 e. The molecule has 1 aliphatic heterocycles. The number of phosphoric ester groups is 1. The zero-order valence-electron chi connectivity index (χ0n) is 19.5. The van der Waals surface area contributed by atoms with Gasteiger partial charge in [0.2, 0.25) is 0 Å². The maximum Gasteiger partial charge on any atom is 0.292 e. The number of aliphatic hydroxyl groups excluding tert-OH is 2. The van der Waals surface area contributed by atoms with Gasteiger partial charge in [0.05, 0.1) is 33.5 Å². The van der Waals surface area contributed by atoms with Crippen molar-refractivity contribution in [3.05, 3.63) is 54.4 Å². The molecule has 14 heteroatoms. The molecule has 1 aliphatic rings. The average molecular weight is 528 g/mol. The molecule has 1 aromatic carbocycles. The number of aliphatic hydroxyl groups is 2. The number of nitrogens with two attached hydrogens (primary N) is 1. The van der Waals surface area contributed by atoms with Crippen molar-refractivity contribution >= 4 is 13.7 Å². The minimum absolute atomic E-state index is 0.0406. The van der Waals surface area contributed by atoms with E-state index in [9.17, 15) is 24.5 Å². The van der Waals surface area contributed by atoms with Crippen LogP contribution in [0.25, 0.3) is 0 Å². The summed E-state index contributed by atoms with van der Waals surface area (Å²) in [5.41, 5.74) is 5.41. The summed E-state index contributed by atoms with van der Waals surface area (Å²) in [6, 6.07) is 10.1. The SMILES string of the molecule is COc1ccccc1OCCOCCOP(=O)([O-])OC[C@H]1O[C@@H]([n+]2cccc(C(N)=O)c2)[C@H](O)[C@@H]1O. The third-order valence-corrected chi connectivity index (χ3v) is 6.13. The van der Waals surface area contributed by atoms with E-state index in [1.807, 2.05) is 6.07 Å². The van der Waals surface area contributed by atoms with Crippen LogP contribution in [0.3, 0.4) is 0 Å². The molecule has 0 bridgehead atoms. The van der Waals surface area contributed by atoms with Crippen molar-refractivity contribution in [2.75, 3.05) is 40.1 Å². The summed E-state index contributed by atoms with van der Waals surface area (Å²) in [5.74, 6) is 0.452. The van der Waals surface area contributed by atoms with Gasteiger partial charge in [0.25, 0.3) is 20.0 Å². The fourth-order valence-corrected chi connectivity index (χ4v) is 4.07. The molecule has 1 unspecified atom stereocenters. The molecule has 2 aromatic rings. The Balaban J connectivity index is 1.37. The Labute approximate surface area is 207 Å². The van der Waals surface area contributed by atoms with Crippen LogP contribution in [0.1, 0.15) is 16.6 Å². The topological polar surface area (TPSA) is 183 Å². The van der Waals surface area contributed by atoms with Gasteiger partial charge in [0, 0.05) is 6.07 Å². The summed E-state index contributed by atoms with van der Waals surface area (Å²) in [5, 5.41) is 20.6. The van der Waals surface area contributed by atoms with E-state index >= 15 is 0 Å². The van der Waals surface area contributed by atoms with Crippen LogP contribution in [0.15, 0.2) is 48.8 Å². The van der Waals surface area contributed by atoms with Crippen molar-refractivity contribution in [3.8, 4) is 11.5 Å². The van der Waals surface area contributed by atoms with Crippen molar-refractivity contribution in [1.29, 1.82) is 0 Å². The molecular weight excluding hydrogens is 499 g/mol. The number of para-hydroxylation sites is 2. The number of ether oxygens (including phenoxy) is 4. The number of carbonyl (C=O) groups is 1. The Hall–Kier alpha value is -2.61. The molecule has 36 heavy (non-hydrogen) atoms. The molecule has 0 aliphatic carbocycles. The number of hydrogen-bond acceptors (Lipinski definition) is 11. The van der Waals surface area contributed by atoms with E-state index in [0.717, 1.165) is 0 Å². The van der Waals surface area contributed by atoms with Crippen LogP contribution in [0.5, 0.6) is 11.5 Å². The Morgan fingerprint density at radius 2 is 1.81 bits per heavy atom. The molecule has 198 valence electrons. The molecule has 2 heterocycles. The van der Waals surface area contributed by atoms with E-state index in [0.29, 0.717) is 11.5 Å². The number of nitrogens with zero attached hydrogens (tertiary/aromatic N) is 1. The second kappa shape index (κ2) is 13.1. The van der Waals surface area contributed by atoms with Crippen LogP contribution in [-0.2, 0) is 23.1 Å². The lowest BCUT2D eigenvalue weighted by molar-refractivity contribution is -0.765. The second-order valence-corrected chi connectivity index (χ2v) is 9.05. The van der Waals surface area contributed by atoms with Crippen molar-refractivity contribution in [1.82, 2.24) is 0 Å². The van der Waals surface area contributed by atoms with Crippen LogP contribution in [-0.4, -0.2) is 74.6 Å². The molecule has 3 rings (SSSR count). The highest BCUT2D eigenvalue weighted by Crippen LogP contribution is 2.39. The first-order valence-electron chi connectivity index (χ1n) is 11.0. The van der Waals surface area contributed by atoms with Gasteiger partial charge in [0.15, 0.2) is 30.0 Å². The molecule has 5 atom stereocenters. The predicted molar refractivity (Wildman–Crippen MR) is 120 cm³/mol. The molecule has 1 aromatic heterocycles. The Kier molecular flexibility index (Phi) is 10.2. The van der Waals surface area contributed by atoms with E-state index in [2.05, 4.69) is 0 Å². The Morgan fingerprint density at radius 1 is 1.08 bits per heavy atom. The second-order valence-electron chi connectivity index (χ2n) is 7.64. The minimum atomic E-state index is -4.74. The molecular formula is C22H29N2O11P. The summed E-state index contributed by atoms with van der Waals surface area (Å²) >= 11 is 0. The lowest BCUT2D eigenvalue weighted by Gasteiger charge is -2.24. The standard InChI is InChI=1S/C22H29N2O11P/c1-30-16-6-2-3-7-17(16)32-11-9-31-10-12-33-36(28,29)34-14-18-19(25)20(26)22(35-18)24-8-4-5-15(13-24)21(23)27/h2-8,13,18-20,22,25-26H,9-12,14H2,1H3,(H2-,23,27,28,29)/t18-,19-,20-,22-/m1/s1. The van der Waals surface area contributed by atoms with E-state index in [1.165, 1.54) is 36.2 Å². The van der Waals surface area contributed by atoms with Crippen LogP contribution in [0, 0.1) is 0 Å². The quantitative estimate of drug-likeness (QED) is 0.160. The van der Waals surface area contributed by atoms with Gasteiger partial charge in [-0.3, -0.25) is 9.36 Å². The maximum absolute atomic E-state index is 12.0. The zero-order chi connectivity index (χ0) is 26.1. The van der Waals surface area contributed by atoms with Gasteiger partial charge in [-0.2, -0.15) is 4.57 Å². The van der Waals surface area contributed by atoms with Gasteiger partial charge in [-0.1, -0.05) is 12.1 Å². The highest BCUT2D eigenvalue weighted by molar-refractivity contribution is 7.45. The molecule has 0 radical (unpaired) electrons. The van der Waals surface area contributed by atoms with E-state index in [-0.39, 0.29) is 32.0 Å². The van der Waals surface area contributed by atoms with Crippen LogP contribution >= 0.6 is 7.82 Å². The first-order chi connectivity index (χ1) is 17.2. The molecule has 1 fully saturated rings. The number of benzene rings is 1. The molecule has 4 N–H and O–H groups in total. The lowest BCUT2D eigenvalue weighted by atomic mass is 10.1. The number of carbonyl (C=O) groups excluding carboxylic acids is 1. The van der Waals surface area contributed by atoms with Crippen molar-refractivity contribution in [2.45, 2.75) is 24.5 Å². The third-order valence-electron chi connectivity index (χ3n) is 5.17. The highest BCUT2D eigenvalue weighted by atomic mass is 31.2. The number of rotatable bonds is 14. The van der Waals surface area contributed by atoms with Crippen molar-refractivity contribution in [3.63, 3.8) is 0 Å². The van der Waals surface area contributed by atoms with Crippen LogP contribution in [0.4, 0.5) is 0 Å². The monoisotopic (exact) mass is 528 g/mol. The fraction of sp³-hybridized carbons (Fsp3) is 0.455. The third kappa shape index (κ3) is 7.69. The number of amides is 1. The van der Waals surface area contributed by atoms with Gasteiger partial charge >= 0.3 is 0 Å². The number of phosphoric acid groups is 1. The molecule has 0 saturated carbocycles. The minimum Gasteiger partial charge on any atom is -0.756 e. The fourth-order valence-electron chi connectivity index (χ4n) is 3.37. The molecule has 0 spiro atoms. The summed E-state index contributed by atoms with van der Waals surface area (Å²) in [4.78, 5) is 23.4. The Morgan fingerprint density at radius 3 is 2.53 bits per heavy atom. The summed E-state index contributed by atoms with van der Waals surface area (Å²) in [7, 11) is -3.21.